The second-order valence-electron chi connectivity index (χ2n) is 12.8. The number of carbonyl (C=O) groups excluding carboxylic acids is 7. The topological polar surface area (TPSA) is 267 Å². The number of fused-ring (bicyclic) bond motifs is 1. The normalized spacial score (nSPS) is 21.1. The number of ketones is 1. The standard InChI is InChI=1S/C30H48N8O8/c1-15-13-23(40)46-21-14-17(8-9-18(15)21)36-27(44)24(41)19(7-6-12-34-29(32)33)37-25(42)16(2)35-26(43)20(10-11-22(31)39)38-28(45)30(3,4)5/h13,16-21H,6-12,14H2,1-5H3,(H2,31,39)(H,35,43)(H,36,44)(H,37,42)(H,38,45)(H4,32,33,34)/t16-,17?,18?,19-,20-,21?/m0/s1. The third-order valence-electron chi connectivity index (χ3n) is 7.86. The number of hydrogen-bond donors (Lipinski definition) is 7. The van der Waals surface area contributed by atoms with E-state index in [-0.39, 0.29) is 44.1 Å². The Balaban J connectivity index is 2.09. The number of carbonyl (C=O) groups is 7. The molecule has 16 heteroatoms. The largest absolute Gasteiger partial charge is 0.458 e. The maximum atomic E-state index is 13.3. The van der Waals surface area contributed by atoms with E-state index in [0.29, 0.717) is 19.3 Å². The third-order valence-corrected chi connectivity index (χ3v) is 7.86. The summed E-state index contributed by atoms with van der Waals surface area (Å²) in [6.45, 7) is 8.31. The molecule has 0 saturated heterocycles. The Labute approximate surface area is 268 Å². The van der Waals surface area contributed by atoms with Crippen LogP contribution in [0.3, 0.4) is 0 Å². The maximum absolute atomic E-state index is 13.3. The molecule has 256 valence electrons. The zero-order valence-electron chi connectivity index (χ0n) is 27.1. The molecule has 5 amide bonds. The summed E-state index contributed by atoms with van der Waals surface area (Å²) in [6.07, 6.45) is 2.58. The average molecular weight is 649 g/mol. The smallest absolute Gasteiger partial charge is 0.330 e. The van der Waals surface area contributed by atoms with Crippen LogP contribution in [0.1, 0.15) is 79.6 Å². The fraction of sp³-hybridized carbons (Fsp3) is 0.667. The van der Waals surface area contributed by atoms with E-state index in [4.69, 9.17) is 21.9 Å². The first-order chi connectivity index (χ1) is 21.4. The van der Waals surface area contributed by atoms with E-state index in [1.807, 2.05) is 6.92 Å². The summed E-state index contributed by atoms with van der Waals surface area (Å²) in [7, 11) is 0. The number of amides is 5. The zero-order chi connectivity index (χ0) is 34.8. The number of primary amides is 1. The number of Topliss-reactive ketones (excluding diaryl/α,β-unsaturated/α-hetero) is 1. The van der Waals surface area contributed by atoms with Gasteiger partial charge >= 0.3 is 5.97 Å². The van der Waals surface area contributed by atoms with E-state index < -0.39 is 77.0 Å². The average Bonchev–Trinajstić information content (AvgIpc) is 2.94. The van der Waals surface area contributed by atoms with Crippen LogP contribution in [0.15, 0.2) is 16.6 Å². The number of hydrogen-bond acceptors (Lipinski definition) is 9. The van der Waals surface area contributed by atoms with Gasteiger partial charge in [0.15, 0.2) is 5.96 Å². The first kappa shape index (κ1) is 37.7. The number of nitrogens with zero attached hydrogens (tertiary/aromatic N) is 1. The van der Waals surface area contributed by atoms with Crippen LogP contribution in [0.4, 0.5) is 0 Å². The van der Waals surface area contributed by atoms with Crippen molar-refractivity contribution in [1.82, 2.24) is 21.3 Å². The Kier molecular flexibility index (Phi) is 13.7. The molecular weight excluding hydrogens is 600 g/mol. The molecule has 1 saturated carbocycles. The summed E-state index contributed by atoms with van der Waals surface area (Å²) >= 11 is 0. The SMILES string of the molecule is CC1=CC(=O)OC2CC(NC(=O)C(=O)[C@H](CCCN=C(N)N)NC(=O)[C@H](C)NC(=O)[C@H](CCC(N)=O)NC(=O)C(C)(C)C)CCC12. The lowest BCUT2D eigenvalue weighted by Crippen LogP contribution is -2.57. The minimum Gasteiger partial charge on any atom is -0.458 e. The molecule has 2 aliphatic rings. The van der Waals surface area contributed by atoms with E-state index in [2.05, 4.69) is 26.3 Å². The predicted molar refractivity (Wildman–Crippen MR) is 167 cm³/mol. The van der Waals surface area contributed by atoms with E-state index >= 15 is 0 Å². The number of ether oxygens (including phenoxy) is 1. The van der Waals surface area contributed by atoms with Crippen molar-refractivity contribution in [2.24, 2.45) is 33.5 Å². The van der Waals surface area contributed by atoms with Gasteiger partial charge in [0.25, 0.3) is 5.91 Å². The quantitative estimate of drug-likeness (QED) is 0.0357. The molecule has 0 radical (unpaired) electrons. The monoisotopic (exact) mass is 648 g/mol. The van der Waals surface area contributed by atoms with Crippen LogP contribution in [0.5, 0.6) is 0 Å². The van der Waals surface area contributed by atoms with Crippen molar-refractivity contribution in [2.75, 3.05) is 6.54 Å². The maximum Gasteiger partial charge on any atom is 0.330 e. The highest BCUT2D eigenvalue weighted by Gasteiger charge is 2.38. The van der Waals surface area contributed by atoms with E-state index in [0.717, 1.165) is 5.57 Å². The lowest BCUT2D eigenvalue weighted by atomic mass is 9.78. The van der Waals surface area contributed by atoms with Crippen LogP contribution in [0, 0.1) is 11.3 Å². The van der Waals surface area contributed by atoms with Gasteiger partial charge in [-0.1, -0.05) is 26.3 Å². The number of nitrogens with two attached hydrogens (primary N) is 3. The van der Waals surface area contributed by atoms with Gasteiger partial charge in [-0.3, -0.25) is 33.8 Å². The number of guanidine groups is 1. The van der Waals surface area contributed by atoms with Gasteiger partial charge < -0.3 is 43.2 Å². The van der Waals surface area contributed by atoms with Crippen molar-refractivity contribution in [2.45, 2.75) is 110 Å². The number of esters is 1. The highest BCUT2D eigenvalue weighted by Crippen LogP contribution is 2.35. The van der Waals surface area contributed by atoms with Crippen molar-refractivity contribution < 1.29 is 38.3 Å². The predicted octanol–water partition coefficient (Wildman–Crippen LogP) is -1.45. The molecule has 0 bridgehead atoms. The molecular formula is C30H48N8O8. The molecule has 0 aromatic carbocycles. The van der Waals surface area contributed by atoms with Crippen LogP contribution in [0.2, 0.25) is 0 Å². The first-order valence-corrected chi connectivity index (χ1v) is 15.4. The molecule has 1 aliphatic carbocycles. The Morgan fingerprint density at radius 1 is 0.978 bits per heavy atom. The van der Waals surface area contributed by atoms with Crippen molar-refractivity contribution in [3.63, 3.8) is 0 Å². The molecule has 0 spiro atoms. The number of nitrogens with one attached hydrogen (secondary N) is 4. The first-order valence-electron chi connectivity index (χ1n) is 15.4. The summed E-state index contributed by atoms with van der Waals surface area (Å²) in [6, 6.07) is -4.05. The summed E-state index contributed by atoms with van der Waals surface area (Å²) < 4.78 is 5.44. The summed E-state index contributed by atoms with van der Waals surface area (Å²) in [5.41, 5.74) is 16.0. The molecule has 0 aromatic heterocycles. The molecule has 1 heterocycles. The van der Waals surface area contributed by atoms with Crippen LogP contribution in [-0.4, -0.2) is 84.1 Å². The molecule has 16 nitrogen and oxygen atoms in total. The fourth-order valence-electron chi connectivity index (χ4n) is 5.18. The second kappa shape index (κ2) is 16.7. The molecule has 10 N–H and O–H groups in total. The van der Waals surface area contributed by atoms with Crippen molar-refractivity contribution in [1.29, 1.82) is 0 Å². The van der Waals surface area contributed by atoms with Gasteiger partial charge in [0.05, 0.1) is 6.04 Å². The molecule has 2 rings (SSSR count). The van der Waals surface area contributed by atoms with Gasteiger partial charge in [0, 0.05) is 42.8 Å². The van der Waals surface area contributed by atoms with Gasteiger partial charge in [0.1, 0.15) is 18.2 Å². The Morgan fingerprint density at radius 3 is 2.26 bits per heavy atom. The Hall–Kier alpha value is -4.50. The van der Waals surface area contributed by atoms with Crippen molar-refractivity contribution >= 4 is 47.2 Å². The molecule has 3 unspecified atom stereocenters. The van der Waals surface area contributed by atoms with Crippen LogP contribution >= 0.6 is 0 Å². The molecule has 6 atom stereocenters. The van der Waals surface area contributed by atoms with Gasteiger partial charge in [0.2, 0.25) is 29.4 Å². The van der Waals surface area contributed by atoms with Crippen LogP contribution in [0.25, 0.3) is 0 Å². The lowest BCUT2D eigenvalue weighted by Gasteiger charge is -2.38. The van der Waals surface area contributed by atoms with Crippen LogP contribution in [-0.2, 0) is 38.3 Å². The van der Waals surface area contributed by atoms with Gasteiger partial charge in [-0.15, -0.1) is 0 Å². The minimum atomic E-state index is -1.28. The summed E-state index contributed by atoms with van der Waals surface area (Å²) in [5.74, 6) is -5.00. The van der Waals surface area contributed by atoms with E-state index in [1.165, 1.54) is 13.0 Å². The highest BCUT2D eigenvalue weighted by molar-refractivity contribution is 6.38. The number of rotatable bonds is 15. The summed E-state index contributed by atoms with van der Waals surface area (Å²) in [4.78, 5) is 92.1. The van der Waals surface area contributed by atoms with Gasteiger partial charge in [-0.2, -0.15) is 0 Å². The zero-order valence-corrected chi connectivity index (χ0v) is 27.1. The van der Waals surface area contributed by atoms with Crippen LogP contribution < -0.4 is 38.5 Å². The van der Waals surface area contributed by atoms with Gasteiger partial charge in [-0.25, -0.2) is 4.79 Å². The summed E-state index contributed by atoms with van der Waals surface area (Å²) in [5, 5.41) is 10.3. The van der Waals surface area contributed by atoms with Crippen molar-refractivity contribution in [3.8, 4) is 0 Å². The Bertz CT molecular complexity index is 1250. The minimum absolute atomic E-state index is 0.00921. The van der Waals surface area contributed by atoms with Gasteiger partial charge in [-0.05, 0) is 46.0 Å². The lowest BCUT2D eigenvalue weighted by molar-refractivity contribution is -0.149. The second-order valence-corrected chi connectivity index (χ2v) is 12.8. The molecule has 1 fully saturated rings. The molecule has 1 aliphatic heterocycles. The third kappa shape index (κ3) is 11.8. The van der Waals surface area contributed by atoms with E-state index in [1.54, 1.807) is 20.8 Å². The molecule has 0 aromatic rings. The van der Waals surface area contributed by atoms with E-state index in [9.17, 15) is 33.6 Å². The number of aliphatic imine (C=N–C) groups is 1. The van der Waals surface area contributed by atoms with Crippen molar-refractivity contribution in [3.05, 3.63) is 11.6 Å². The fourth-order valence-corrected chi connectivity index (χ4v) is 5.18. The highest BCUT2D eigenvalue weighted by atomic mass is 16.5. The Morgan fingerprint density at radius 2 is 1.65 bits per heavy atom. The molecule has 46 heavy (non-hydrogen) atoms.